The van der Waals surface area contributed by atoms with E-state index in [2.05, 4.69) is 21.2 Å². The van der Waals surface area contributed by atoms with Crippen molar-refractivity contribution < 1.29 is 9.59 Å². The Morgan fingerprint density at radius 2 is 1.90 bits per heavy atom. The summed E-state index contributed by atoms with van der Waals surface area (Å²) in [7, 11) is 0. The van der Waals surface area contributed by atoms with Gasteiger partial charge in [0.15, 0.2) is 11.3 Å². The van der Waals surface area contributed by atoms with Crippen LogP contribution < -0.4 is 10.2 Å². The molecule has 0 saturated carbocycles. The van der Waals surface area contributed by atoms with Crippen molar-refractivity contribution in [2.75, 3.05) is 16.0 Å². The maximum atomic E-state index is 13.6. The van der Waals surface area contributed by atoms with Crippen molar-refractivity contribution in [3.05, 3.63) is 80.6 Å². The third-order valence-electron chi connectivity index (χ3n) is 5.42. The molecule has 30 heavy (non-hydrogen) atoms. The van der Waals surface area contributed by atoms with Crippen LogP contribution in [0.5, 0.6) is 0 Å². The third kappa shape index (κ3) is 3.59. The highest BCUT2D eigenvalue weighted by Gasteiger charge is 2.38. The molecule has 1 atom stereocenters. The molecule has 1 aromatic heterocycles. The van der Waals surface area contributed by atoms with Crippen molar-refractivity contribution in [2.24, 2.45) is 0 Å². The standard InChI is InChI=1S/C23H19BrN2O2S2/c24-15-11-9-14(10-12-15)18(27)13-29-23-25-21-20(17-7-4-8-19(17)30-21)22(28)26(23)16-5-2-1-3-6-16/h1-3,5-6,9-12,23,25H,4,7-8,13H2/t23-/m1/s1. The number of carbonyl (C=O) groups excluding carboxylic acids is 2. The molecule has 4 nitrogen and oxygen atoms in total. The van der Waals surface area contributed by atoms with E-state index in [9.17, 15) is 9.59 Å². The minimum atomic E-state index is -0.328. The number of thioether (sulfide) groups is 1. The molecule has 7 heteroatoms. The zero-order chi connectivity index (χ0) is 20.7. The van der Waals surface area contributed by atoms with Crippen LogP contribution >= 0.6 is 39.0 Å². The average Bonchev–Trinajstić information content (AvgIpc) is 3.34. The Bertz CT molecular complexity index is 1110. The largest absolute Gasteiger partial charge is 0.347 e. The van der Waals surface area contributed by atoms with Crippen LogP contribution in [0.2, 0.25) is 0 Å². The number of ketones is 1. The molecule has 2 aromatic carbocycles. The summed E-state index contributed by atoms with van der Waals surface area (Å²) in [5, 5.41) is 4.50. The number of para-hydroxylation sites is 1. The quantitative estimate of drug-likeness (QED) is 0.440. The summed E-state index contributed by atoms with van der Waals surface area (Å²) in [6, 6.07) is 17.1. The Hall–Kier alpha value is -2.09. The average molecular weight is 499 g/mol. The lowest BCUT2D eigenvalue weighted by Gasteiger charge is -2.36. The predicted molar refractivity (Wildman–Crippen MR) is 128 cm³/mol. The van der Waals surface area contributed by atoms with Crippen molar-refractivity contribution >= 4 is 61.4 Å². The number of Topliss-reactive ketones (excluding diaryl/α,β-unsaturated/α-hetero) is 1. The number of aryl methyl sites for hydroxylation is 1. The van der Waals surface area contributed by atoms with Gasteiger partial charge in [0.25, 0.3) is 5.91 Å². The fourth-order valence-corrected chi connectivity index (χ4v) is 6.65. The molecule has 2 heterocycles. The maximum absolute atomic E-state index is 13.6. The SMILES string of the molecule is O=C(CS[C@@H]1Nc2sc3c(c2C(=O)N1c1ccccc1)CCC3)c1ccc(Br)cc1. The fraction of sp³-hybridized carbons (Fsp3) is 0.217. The number of nitrogens with zero attached hydrogens (tertiary/aromatic N) is 1. The van der Waals surface area contributed by atoms with Gasteiger partial charge in [0, 0.05) is 20.6 Å². The molecule has 1 aliphatic carbocycles. The molecule has 0 spiro atoms. The van der Waals surface area contributed by atoms with Gasteiger partial charge in [-0.15, -0.1) is 23.1 Å². The van der Waals surface area contributed by atoms with Gasteiger partial charge in [-0.05, 0) is 49.1 Å². The first-order chi connectivity index (χ1) is 14.6. The molecular formula is C23H19BrN2O2S2. The first-order valence-electron chi connectivity index (χ1n) is 9.82. The summed E-state index contributed by atoms with van der Waals surface area (Å²) in [5.41, 5.74) is 3.22. The number of thiophene rings is 1. The lowest BCUT2D eigenvalue weighted by Crippen LogP contribution is -2.47. The number of anilines is 2. The molecular weight excluding hydrogens is 480 g/mol. The van der Waals surface area contributed by atoms with Gasteiger partial charge in [-0.1, -0.05) is 46.3 Å². The van der Waals surface area contributed by atoms with E-state index >= 15 is 0 Å². The zero-order valence-corrected chi connectivity index (χ0v) is 19.3. The Labute approximate surface area is 191 Å². The highest BCUT2D eigenvalue weighted by atomic mass is 79.9. The van der Waals surface area contributed by atoms with Crippen LogP contribution in [-0.2, 0) is 12.8 Å². The summed E-state index contributed by atoms with van der Waals surface area (Å²) in [4.78, 5) is 29.4. The molecule has 152 valence electrons. The molecule has 2 aliphatic rings. The van der Waals surface area contributed by atoms with Gasteiger partial charge in [-0.3, -0.25) is 14.5 Å². The molecule has 3 aromatic rings. The predicted octanol–water partition coefficient (Wildman–Crippen LogP) is 5.97. The van der Waals surface area contributed by atoms with Crippen LogP contribution in [0.15, 0.2) is 59.1 Å². The van der Waals surface area contributed by atoms with E-state index in [1.165, 1.54) is 22.2 Å². The molecule has 0 bridgehead atoms. The molecule has 1 N–H and O–H groups in total. The molecule has 0 radical (unpaired) electrons. The van der Waals surface area contributed by atoms with E-state index in [1.54, 1.807) is 16.2 Å². The topological polar surface area (TPSA) is 49.4 Å². The summed E-state index contributed by atoms with van der Waals surface area (Å²) in [6.07, 6.45) is 3.14. The summed E-state index contributed by atoms with van der Waals surface area (Å²) in [6.45, 7) is 0. The second kappa shape index (κ2) is 8.21. The Morgan fingerprint density at radius 1 is 1.13 bits per heavy atom. The number of hydrogen-bond acceptors (Lipinski definition) is 5. The fourth-order valence-electron chi connectivity index (χ4n) is 3.97. The third-order valence-corrected chi connectivity index (χ3v) is 8.24. The van der Waals surface area contributed by atoms with Crippen LogP contribution in [0, 0.1) is 0 Å². The first kappa shape index (κ1) is 19.8. The number of amides is 1. The van der Waals surface area contributed by atoms with Crippen LogP contribution in [0.25, 0.3) is 0 Å². The van der Waals surface area contributed by atoms with E-state index in [1.807, 2.05) is 54.6 Å². The molecule has 5 rings (SSSR count). The highest BCUT2D eigenvalue weighted by Crippen LogP contribution is 2.44. The molecule has 0 unspecified atom stereocenters. The minimum Gasteiger partial charge on any atom is -0.347 e. The van der Waals surface area contributed by atoms with E-state index in [4.69, 9.17) is 0 Å². The second-order valence-corrected chi connectivity index (χ2v) is 10.4. The van der Waals surface area contributed by atoms with Crippen LogP contribution in [0.1, 0.15) is 37.6 Å². The minimum absolute atomic E-state index is 0.0305. The van der Waals surface area contributed by atoms with Gasteiger partial charge in [-0.25, -0.2) is 0 Å². The normalized spacial score (nSPS) is 17.4. The van der Waals surface area contributed by atoms with Crippen LogP contribution in [-0.4, -0.2) is 22.9 Å². The van der Waals surface area contributed by atoms with Gasteiger partial charge < -0.3 is 5.32 Å². The number of fused-ring (bicyclic) bond motifs is 3. The van der Waals surface area contributed by atoms with E-state index in [-0.39, 0.29) is 22.9 Å². The number of benzene rings is 2. The summed E-state index contributed by atoms with van der Waals surface area (Å²) >= 11 is 6.55. The Kier molecular flexibility index (Phi) is 5.43. The van der Waals surface area contributed by atoms with E-state index in [0.717, 1.165) is 40.0 Å². The van der Waals surface area contributed by atoms with E-state index in [0.29, 0.717) is 5.56 Å². The lowest BCUT2D eigenvalue weighted by atomic mass is 10.1. The smallest absolute Gasteiger partial charge is 0.263 e. The Balaban J connectivity index is 1.43. The monoisotopic (exact) mass is 498 g/mol. The number of rotatable bonds is 5. The molecule has 1 aliphatic heterocycles. The number of carbonyl (C=O) groups is 2. The van der Waals surface area contributed by atoms with Gasteiger partial charge in [0.1, 0.15) is 5.00 Å². The Morgan fingerprint density at radius 3 is 2.67 bits per heavy atom. The van der Waals surface area contributed by atoms with Crippen LogP contribution in [0.4, 0.5) is 10.7 Å². The van der Waals surface area contributed by atoms with Crippen molar-refractivity contribution in [2.45, 2.75) is 24.8 Å². The van der Waals surface area contributed by atoms with Crippen molar-refractivity contribution in [3.63, 3.8) is 0 Å². The summed E-state index contributed by atoms with van der Waals surface area (Å²) < 4.78 is 0.944. The molecule has 1 amide bonds. The number of halogens is 1. The molecule has 0 fully saturated rings. The maximum Gasteiger partial charge on any atom is 0.263 e. The van der Waals surface area contributed by atoms with Gasteiger partial charge in [-0.2, -0.15) is 0 Å². The van der Waals surface area contributed by atoms with Gasteiger partial charge >= 0.3 is 0 Å². The van der Waals surface area contributed by atoms with Crippen molar-refractivity contribution in [1.29, 1.82) is 0 Å². The van der Waals surface area contributed by atoms with Gasteiger partial charge in [0.2, 0.25) is 0 Å². The zero-order valence-electron chi connectivity index (χ0n) is 16.1. The van der Waals surface area contributed by atoms with Crippen molar-refractivity contribution in [1.82, 2.24) is 0 Å². The van der Waals surface area contributed by atoms with Crippen LogP contribution in [0.3, 0.4) is 0 Å². The van der Waals surface area contributed by atoms with E-state index < -0.39 is 0 Å². The summed E-state index contributed by atoms with van der Waals surface area (Å²) in [5.74, 6) is 0.369. The molecule has 0 saturated heterocycles. The van der Waals surface area contributed by atoms with Crippen molar-refractivity contribution in [3.8, 4) is 0 Å². The highest BCUT2D eigenvalue weighted by molar-refractivity contribution is 9.10. The van der Waals surface area contributed by atoms with Gasteiger partial charge in [0.05, 0.1) is 11.3 Å². The number of hydrogen-bond donors (Lipinski definition) is 1. The second-order valence-electron chi connectivity index (χ2n) is 7.31. The first-order valence-corrected chi connectivity index (χ1v) is 12.5. The number of nitrogens with one attached hydrogen (secondary N) is 1. The lowest BCUT2D eigenvalue weighted by molar-refractivity contribution is 0.0979.